The predicted molar refractivity (Wildman–Crippen MR) is 49.5 cm³/mol. The van der Waals surface area contributed by atoms with E-state index < -0.39 is 0 Å². The van der Waals surface area contributed by atoms with Gasteiger partial charge in [0.15, 0.2) is 5.78 Å². The lowest BCUT2D eigenvalue weighted by Gasteiger charge is -1.99. The second-order valence-electron chi connectivity index (χ2n) is 3.36. The summed E-state index contributed by atoms with van der Waals surface area (Å²) in [7, 11) is 0. The van der Waals surface area contributed by atoms with E-state index in [4.69, 9.17) is 10.8 Å². The van der Waals surface area contributed by atoms with E-state index in [1.807, 2.05) is 6.07 Å². The number of carbonyl (C=O) groups excluding carboxylic acids is 1. The summed E-state index contributed by atoms with van der Waals surface area (Å²) >= 11 is 0. The number of rotatable bonds is 1. The molecule has 0 heterocycles. The Labute approximate surface area is 76.2 Å². The summed E-state index contributed by atoms with van der Waals surface area (Å²) in [5.74, 6) is -0.214. The van der Waals surface area contributed by atoms with E-state index in [0.717, 1.165) is 5.56 Å². The molecule has 1 unspecified atom stereocenters. The Balaban J connectivity index is 2.44. The fourth-order valence-corrected chi connectivity index (χ4v) is 1.75. The normalized spacial score (nSPS) is 20.4. The number of benzene rings is 1. The zero-order valence-electron chi connectivity index (χ0n) is 7.16. The number of aliphatic hydroxyl groups is 1. The highest BCUT2D eigenvalue weighted by Gasteiger charge is 2.29. The van der Waals surface area contributed by atoms with Crippen molar-refractivity contribution in [1.29, 1.82) is 0 Å². The molecular formula is C10H11NO2. The molecule has 0 saturated carbocycles. The maximum atomic E-state index is 11.5. The molecule has 1 atom stereocenters. The Morgan fingerprint density at radius 2 is 2.31 bits per heavy atom. The number of anilines is 1. The van der Waals surface area contributed by atoms with Gasteiger partial charge in [0.1, 0.15) is 0 Å². The third kappa shape index (κ3) is 1.21. The summed E-state index contributed by atoms with van der Waals surface area (Å²) in [5, 5.41) is 8.93. The van der Waals surface area contributed by atoms with Gasteiger partial charge in [-0.25, -0.2) is 0 Å². The number of carbonyl (C=O) groups is 1. The highest BCUT2D eigenvalue weighted by Crippen LogP contribution is 2.27. The Morgan fingerprint density at radius 1 is 1.54 bits per heavy atom. The molecule has 3 N–H and O–H groups in total. The highest BCUT2D eigenvalue weighted by atomic mass is 16.3. The van der Waals surface area contributed by atoms with Crippen molar-refractivity contribution in [3.8, 4) is 0 Å². The van der Waals surface area contributed by atoms with E-state index in [9.17, 15) is 4.79 Å². The zero-order chi connectivity index (χ0) is 9.42. The second-order valence-corrected chi connectivity index (χ2v) is 3.36. The molecular weight excluding hydrogens is 166 g/mol. The van der Waals surface area contributed by atoms with E-state index in [0.29, 0.717) is 17.7 Å². The van der Waals surface area contributed by atoms with Crippen LogP contribution in [0.4, 0.5) is 5.69 Å². The van der Waals surface area contributed by atoms with Gasteiger partial charge in [-0.3, -0.25) is 4.79 Å². The van der Waals surface area contributed by atoms with Gasteiger partial charge >= 0.3 is 0 Å². The molecule has 0 bridgehead atoms. The molecule has 3 nitrogen and oxygen atoms in total. The minimum absolute atomic E-state index is 0.0394. The molecule has 68 valence electrons. The number of hydrogen-bond acceptors (Lipinski definition) is 3. The number of aliphatic hydroxyl groups excluding tert-OH is 1. The fraction of sp³-hybridized carbons (Fsp3) is 0.300. The summed E-state index contributed by atoms with van der Waals surface area (Å²) in [5.41, 5.74) is 7.94. The van der Waals surface area contributed by atoms with Gasteiger partial charge in [0.2, 0.25) is 0 Å². The first-order valence-corrected chi connectivity index (χ1v) is 4.26. The van der Waals surface area contributed by atoms with Crippen LogP contribution in [-0.2, 0) is 6.42 Å². The van der Waals surface area contributed by atoms with Gasteiger partial charge in [-0.1, -0.05) is 0 Å². The molecule has 1 aromatic rings. The third-order valence-electron chi connectivity index (χ3n) is 2.45. The largest absolute Gasteiger partial charge is 0.399 e. The molecule has 1 aliphatic carbocycles. The van der Waals surface area contributed by atoms with Gasteiger partial charge in [0.05, 0.1) is 6.61 Å². The first kappa shape index (κ1) is 8.26. The van der Waals surface area contributed by atoms with E-state index in [2.05, 4.69) is 0 Å². The minimum atomic E-state index is -0.253. The van der Waals surface area contributed by atoms with E-state index in [1.165, 1.54) is 0 Å². The maximum absolute atomic E-state index is 11.5. The Morgan fingerprint density at radius 3 is 3.00 bits per heavy atom. The van der Waals surface area contributed by atoms with Gasteiger partial charge in [0.25, 0.3) is 0 Å². The van der Waals surface area contributed by atoms with Crippen molar-refractivity contribution in [2.24, 2.45) is 5.92 Å². The van der Waals surface area contributed by atoms with Crippen molar-refractivity contribution in [2.45, 2.75) is 6.42 Å². The number of nitrogen functional groups attached to an aromatic ring is 1. The first-order chi connectivity index (χ1) is 6.22. The van der Waals surface area contributed by atoms with E-state index in [-0.39, 0.29) is 18.3 Å². The van der Waals surface area contributed by atoms with Crippen molar-refractivity contribution in [1.82, 2.24) is 0 Å². The Hall–Kier alpha value is -1.35. The standard InChI is InChI=1S/C10H11NO2/c11-8-1-2-9-6(4-8)3-7(5-12)10(9)13/h1-2,4,7,12H,3,5,11H2. The van der Waals surface area contributed by atoms with Crippen LogP contribution in [0.5, 0.6) is 0 Å². The molecule has 0 amide bonds. The third-order valence-corrected chi connectivity index (χ3v) is 2.45. The molecule has 0 aromatic heterocycles. The summed E-state index contributed by atoms with van der Waals surface area (Å²) in [6.07, 6.45) is 0.621. The lowest BCUT2D eigenvalue weighted by Crippen LogP contribution is -2.12. The molecule has 0 radical (unpaired) electrons. The molecule has 0 aliphatic heterocycles. The topological polar surface area (TPSA) is 63.3 Å². The average molecular weight is 177 g/mol. The monoisotopic (exact) mass is 177 g/mol. The maximum Gasteiger partial charge on any atom is 0.168 e. The number of ketones is 1. The van der Waals surface area contributed by atoms with Gasteiger partial charge in [-0.15, -0.1) is 0 Å². The van der Waals surface area contributed by atoms with Crippen LogP contribution >= 0.6 is 0 Å². The van der Waals surface area contributed by atoms with Crippen LogP contribution < -0.4 is 5.73 Å². The van der Waals surface area contributed by atoms with Crippen molar-refractivity contribution >= 4 is 11.5 Å². The number of hydrogen-bond donors (Lipinski definition) is 2. The average Bonchev–Trinajstić information content (AvgIpc) is 2.42. The second kappa shape index (κ2) is 2.85. The predicted octanol–water partition coefficient (Wildman–Crippen LogP) is 0.616. The van der Waals surface area contributed by atoms with Crippen LogP contribution in [0.15, 0.2) is 18.2 Å². The van der Waals surface area contributed by atoms with Crippen LogP contribution in [0.25, 0.3) is 0 Å². The number of fused-ring (bicyclic) bond motifs is 1. The van der Waals surface area contributed by atoms with Crippen LogP contribution in [0.2, 0.25) is 0 Å². The molecule has 13 heavy (non-hydrogen) atoms. The summed E-state index contributed by atoms with van der Waals surface area (Å²) in [6, 6.07) is 5.27. The SMILES string of the molecule is Nc1ccc2c(c1)CC(CO)C2=O. The summed E-state index contributed by atoms with van der Waals surface area (Å²) in [6.45, 7) is -0.0760. The van der Waals surface area contributed by atoms with Crippen molar-refractivity contribution in [2.75, 3.05) is 12.3 Å². The summed E-state index contributed by atoms with van der Waals surface area (Å²) in [4.78, 5) is 11.5. The lowest BCUT2D eigenvalue weighted by atomic mass is 10.1. The van der Waals surface area contributed by atoms with Crippen molar-refractivity contribution < 1.29 is 9.90 Å². The molecule has 1 aromatic carbocycles. The Kier molecular flexibility index (Phi) is 1.81. The molecule has 0 saturated heterocycles. The van der Waals surface area contributed by atoms with Gasteiger partial charge in [-0.05, 0) is 30.2 Å². The Bertz CT molecular complexity index is 360. The smallest absolute Gasteiger partial charge is 0.168 e. The van der Waals surface area contributed by atoms with Gasteiger partial charge in [0, 0.05) is 17.2 Å². The van der Waals surface area contributed by atoms with E-state index >= 15 is 0 Å². The van der Waals surface area contributed by atoms with Crippen LogP contribution in [0.3, 0.4) is 0 Å². The zero-order valence-corrected chi connectivity index (χ0v) is 7.16. The summed E-state index contributed by atoms with van der Waals surface area (Å²) < 4.78 is 0. The molecule has 2 rings (SSSR count). The van der Waals surface area contributed by atoms with Crippen LogP contribution in [-0.4, -0.2) is 17.5 Å². The van der Waals surface area contributed by atoms with Gasteiger partial charge in [-0.2, -0.15) is 0 Å². The quantitative estimate of drug-likeness (QED) is 0.618. The van der Waals surface area contributed by atoms with Crippen LogP contribution in [0, 0.1) is 5.92 Å². The molecule has 3 heteroatoms. The molecule has 1 aliphatic rings. The lowest BCUT2D eigenvalue weighted by molar-refractivity contribution is 0.0883. The van der Waals surface area contributed by atoms with Gasteiger partial charge < -0.3 is 10.8 Å². The first-order valence-electron chi connectivity index (χ1n) is 4.26. The molecule has 0 spiro atoms. The van der Waals surface area contributed by atoms with Crippen molar-refractivity contribution in [3.63, 3.8) is 0 Å². The number of Topliss-reactive ketones (excluding diaryl/α,β-unsaturated/α-hetero) is 1. The fourth-order valence-electron chi connectivity index (χ4n) is 1.75. The van der Waals surface area contributed by atoms with Crippen LogP contribution in [0.1, 0.15) is 15.9 Å². The number of nitrogens with two attached hydrogens (primary N) is 1. The van der Waals surface area contributed by atoms with Crippen molar-refractivity contribution in [3.05, 3.63) is 29.3 Å². The highest BCUT2D eigenvalue weighted by molar-refractivity contribution is 6.02. The minimum Gasteiger partial charge on any atom is -0.399 e. The van der Waals surface area contributed by atoms with E-state index in [1.54, 1.807) is 12.1 Å². The molecule has 0 fully saturated rings.